The van der Waals surface area contributed by atoms with Crippen LogP contribution in [0.3, 0.4) is 0 Å². The predicted octanol–water partition coefficient (Wildman–Crippen LogP) is 4.80. The van der Waals surface area contributed by atoms with Crippen molar-refractivity contribution in [3.63, 3.8) is 0 Å². The predicted molar refractivity (Wildman–Crippen MR) is 112 cm³/mol. The number of rotatable bonds is 6. The number of hydrogen-bond acceptors (Lipinski definition) is 3. The van der Waals surface area contributed by atoms with Gasteiger partial charge < -0.3 is 10.2 Å². The van der Waals surface area contributed by atoms with Gasteiger partial charge in [0.1, 0.15) is 6.54 Å². The van der Waals surface area contributed by atoms with Gasteiger partial charge in [0.05, 0.1) is 11.6 Å². The second-order valence-corrected chi connectivity index (χ2v) is 7.44. The third-order valence-electron chi connectivity index (χ3n) is 4.61. The molecule has 2 aromatic rings. The first-order chi connectivity index (χ1) is 13.2. The van der Waals surface area contributed by atoms with Crippen LogP contribution in [0.4, 0.5) is 11.4 Å². The van der Waals surface area contributed by atoms with Gasteiger partial charge in [0.15, 0.2) is 0 Å². The van der Waals surface area contributed by atoms with Crippen molar-refractivity contribution < 1.29 is 9.59 Å². The summed E-state index contributed by atoms with van der Waals surface area (Å²) in [5.41, 5.74) is 3.94. The molecular weight excluding hydrogens is 350 g/mol. The van der Waals surface area contributed by atoms with Gasteiger partial charge in [0.25, 0.3) is 0 Å². The van der Waals surface area contributed by atoms with E-state index in [9.17, 15) is 9.59 Å². The molecule has 0 saturated carbocycles. The maximum absolute atomic E-state index is 12.8. The van der Waals surface area contributed by atoms with Gasteiger partial charge in [-0.05, 0) is 41.2 Å². The molecule has 0 unspecified atom stereocenters. The third-order valence-corrected chi connectivity index (χ3v) is 4.61. The van der Waals surface area contributed by atoms with E-state index in [0.29, 0.717) is 11.3 Å². The summed E-state index contributed by atoms with van der Waals surface area (Å²) >= 11 is 0. The highest BCUT2D eigenvalue weighted by Crippen LogP contribution is 2.32. The average Bonchev–Trinajstić information content (AvgIpc) is 2.65. The normalized spacial score (nSPS) is 10.6. The average molecular weight is 377 g/mol. The molecule has 28 heavy (non-hydrogen) atoms. The largest absolute Gasteiger partial charge is 0.324 e. The summed E-state index contributed by atoms with van der Waals surface area (Å²) in [6, 6.07) is 14.8. The SMILES string of the molecule is CC(=O)N(CC(=O)Nc1c(C(C)C)cccc1C(C)C)c1cccc(C#N)c1. The van der Waals surface area contributed by atoms with Crippen LogP contribution in [0.5, 0.6) is 0 Å². The first-order valence-electron chi connectivity index (χ1n) is 9.45. The molecule has 1 N–H and O–H groups in total. The van der Waals surface area contributed by atoms with Gasteiger partial charge in [-0.3, -0.25) is 9.59 Å². The lowest BCUT2D eigenvalue weighted by molar-refractivity contribution is -0.120. The van der Waals surface area contributed by atoms with Gasteiger partial charge in [-0.25, -0.2) is 0 Å². The van der Waals surface area contributed by atoms with E-state index in [4.69, 9.17) is 5.26 Å². The van der Waals surface area contributed by atoms with Crippen molar-refractivity contribution in [1.82, 2.24) is 0 Å². The standard InChI is InChI=1S/C23H27N3O2/c1-15(2)20-10-7-11-21(16(3)4)23(20)25-22(28)14-26(17(5)27)19-9-6-8-18(12-19)13-24/h6-12,15-16H,14H2,1-5H3,(H,25,28). The molecule has 0 heterocycles. The number of carbonyl (C=O) groups is 2. The van der Waals surface area contributed by atoms with Crippen molar-refractivity contribution in [2.45, 2.75) is 46.5 Å². The van der Waals surface area contributed by atoms with Crippen LogP contribution in [0.15, 0.2) is 42.5 Å². The Morgan fingerprint density at radius 2 is 1.61 bits per heavy atom. The molecule has 0 bridgehead atoms. The van der Waals surface area contributed by atoms with E-state index < -0.39 is 0 Å². The summed E-state index contributed by atoms with van der Waals surface area (Å²) in [6.45, 7) is 9.64. The molecule has 2 amide bonds. The molecule has 5 heteroatoms. The molecule has 0 fully saturated rings. The maximum Gasteiger partial charge on any atom is 0.244 e. The molecule has 0 aliphatic rings. The van der Waals surface area contributed by atoms with Gasteiger partial charge in [-0.1, -0.05) is 52.0 Å². The van der Waals surface area contributed by atoms with Gasteiger partial charge in [0.2, 0.25) is 11.8 Å². The van der Waals surface area contributed by atoms with Crippen LogP contribution in [0, 0.1) is 11.3 Å². The molecule has 5 nitrogen and oxygen atoms in total. The second kappa shape index (κ2) is 9.18. The number of nitriles is 1. The molecule has 0 aliphatic carbocycles. The topological polar surface area (TPSA) is 73.2 Å². The fraction of sp³-hybridized carbons (Fsp3) is 0.348. The number of amides is 2. The number of hydrogen-bond donors (Lipinski definition) is 1. The Kier molecular flexibility index (Phi) is 6.94. The number of nitrogens with one attached hydrogen (secondary N) is 1. The minimum Gasteiger partial charge on any atom is -0.324 e. The van der Waals surface area contributed by atoms with Crippen LogP contribution in [0.1, 0.15) is 63.1 Å². The molecule has 146 valence electrons. The van der Waals surface area contributed by atoms with E-state index in [1.165, 1.54) is 11.8 Å². The zero-order valence-electron chi connectivity index (χ0n) is 17.1. The van der Waals surface area contributed by atoms with E-state index >= 15 is 0 Å². The lowest BCUT2D eigenvalue weighted by Crippen LogP contribution is -2.37. The van der Waals surface area contributed by atoms with Gasteiger partial charge in [-0.15, -0.1) is 0 Å². The van der Waals surface area contributed by atoms with Crippen molar-refractivity contribution in [2.75, 3.05) is 16.8 Å². The first-order valence-corrected chi connectivity index (χ1v) is 9.45. The summed E-state index contributed by atoms with van der Waals surface area (Å²) in [6.07, 6.45) is 0. The molecule has 0 saturated heterocycles. The van der Waals surface area contributed by atoms with E-state index in [2.05, 4.69) is 39.1 Å². The monoisotopic (exact) mass is 377 g/mol. The number of anilines is 2. The van der Waals surface area contributed by atoms with Crippen LogP contribution >= 0.6 is 0 Å². The highest BCUT2D eigenvalue weighted by molar-refractivity contribution is 6.02. The third kappa shape index (κ3) is 4.98. The molecule has 0 aliphatic heterocycles. The van der Waals surface area contributed by atoms with Crippen molar-refractivity contribution in [2.24, 2.45) is 0 Å². The summed E-state index contributed by atoms with van der Waals surface area (Å²) in [5.74, 6) is -0.0190. The molecule has 0 spiro atoms. The zero-order chi connectivity index (χ0) is 20.8. The van der Waals surface area contributed by atoms with E-state index in [0.717, 1.165) is 16.8 Å². The van der Waals surface area contributed by atoms with Crippen LogP contribution in [-0.2, 0) is 9.59 Å². The van der Waals surface area contributed by atoms with Crippen LogP contribution in [0.25, 0.3) is 0 Å². The molecule has 0 radical (unpaired) electrons. The zero-order valence-corrected chi connectivity index (χ0v) is 17.1. The smallest absolute Gasteiger partial charge is 0.244 e. The summed E-state index contributed by atoms with van der Waals surface area (Å²) in [5, 5.41) is 12.1. The Morgan fingerprint density at radius 1 is 1.04 bits per heavy atom. The quantitative estimate of drug-likeness (QED) is 0.786. The highest BCUT2D eigenvalue weighted by atomic mass is 16.2. The fourth-order valence-corrected chi connectivity index (χ4v) is 3.15. The molecule has 0 atom stereocenters. The lowest BCUT2D eigenvalue weighted by atomic mass is 9.92. The maximum atomic E-state index is 12.8. The number of benzene rings is 2. The summed E-state index contributed by atoms with van der Waals surface area (Å²) < 4.78 is 0. The minimum absolute atomic E-state index is 0.117. The highest BCUT2D eigenvalue weighted by Gasteiger charge is 2.20. The fourth-order valence-electron chi connectivity index (χ4n) is 3.15. The van der Waals surface area contributed by atoms with E-state index in [-0.39, 0.29) is 30.2 Å². The van der Waals surface area contributed by atoms with Crippen molar-refractivity contribution in [1.29, 1.82) is 5.26 Å². The number of para-hydroxylation sites is 1. The molecular formula is C23H27N3O2. The molecule has 2 aromatic carbocycles. The van der Waals surface area contributed by atoms with Crippen molar-refractivity contribution in [3.05, 3.63) is 59.2 Å². The summed E-state index contributed by atoms with van der Waals surface area (Å²) in [4.78, 5) is 26.4. The van der Waals surface area contributed by atoms with Crippen LogP contribution in [-0.4, -0.2) is 18.4 Å². The van der Waals surface area contributed by atoms with Gasteiger partial charge in [0, 0.05) is 18.3 Å². The van der Waals surface area contributed by atoms with E-state index in [1.807, 2.05) is 18.2 Å². The van der Waals surface area contributed by atoms with E-state index in [1.54, 1.807) is 24.3 Å². The number of carbonyl (C=O) groups excluding carboxylic acids is 2. The molecule has 2 rings (SSSR count). The Labute approximate surface area is 167 Å². The second-order valence-electron chi connectivity index (χ2n) is 7.44. The molecule has 0 aromatic heterocycles. The Balaban J connectivity index is 2.31. The Bertz CT molecular complexity index is 884. The first kappa shape index (κ1) is 21.2. The minimum atomic E-state index is -0.271. The summed E-state index contributed by atoms with van der Waals surface area (Å²) in [7, 11) is 0. The Morgan fingerprint density at radius 3 is 2.11 bits per heavy atom. The van der Waals surface area contributed by atoms with Crippen LogP contribution in [0.2, 0.25) is 0 Å². The van der Waals surface area contributed by atoms with Gasteiger partial charge >= 0.3 is 0 Å². The number of nitrogens with zero attached hydrogens (tertiary/aromatic N) is 2. The van der Waals surface area contributed by atoms with Crippen molar-refractivity contribution in [3.8, 4) is 6.07 Å². The van der Waals surface area contributed by atoms with Crippen molar-refractivity contribution >= 4 is 23.2 Å². The van der Waals surface area contributed by atoms with Crippen LogP contribution < -0.4 is 10.2 Å². The van der Waals surface area contributed by atoms with Gasteiger partial charge in [-0.2, -0.15) is 5.26 Å². The Hall–Kier alpha value is -3.13. The lowest BCUT2D eigenvalue weighted by Gasteiger charge is -2.23.